The van der Waals surface area contributed by atoms with Gasteiger partial charge in [-0.1, -0.05) is 12.1 Å². The van der Waals surface area contributed by atoms with Crippen molar-refractivity contribution in [1.82, 2.24) is 5.32 Å². The highest BCUT2D eigenvalue weighted by Crippen LogP contribution is 2.17. The Labute approximate surface area is 204 Å². The van der Waals surface area contributed by atoms with Gasteiger partial charge in [-0.15, -0.1) is 4.99 Å². The van der Waals surface area contributed by atoms with Gasteiger partial charge in [-0.2, -0.15) is 0 Å². The second kappa shape index (κ2) is 11.5. The number of aliphatic hydroxyl groups excluding tert-OH is 1. The maximum atomic E-state index is 12.4. The topological polar surface area (TPSA) is 136 Å². The average Bonchev–Trinajstić information content (AvgIpc) is 2.71. The summed E-state index contributed by atoms with van der Waals surface area (Å²) < 4.78 is 15.7. The van der Waals surface area contributed by atoms with Crippen LogP contribution in [0.5, 0.6) is 5.75 Å². The summed E-state index contributed by atoms with van der Waals surface area (Å²) in [5.74, 6) is -0.511. The Balaban J connectivity index is 2.15. The molecule has 2 amide bonds. The van der Waals surface area contributed by atoms with Crippen LogP contribution < -0.4 is 15.4 Å². The predicted octanol–water partition coefficient (Wildman–Crippen LogP) is 4.63. The molecule has 3 N–H and O–H groups in total. The first-order valence-corrected chi connectivity index (χ1v) is 10.8. The zero-order chi connectivity index (χ0) is 26.2. The molecule has 0 heterocycles. The summed E-state index contributed by atoms with van der Waals surface area (Å²) in [5, 5.41) is 14.4. The molecule has 0 aliphatic carbocycles. The maximum Gasteiger partial charge on any atom is 0.437 e. The van der Waals surface area contributed by atoms with Crippen molar-refractivity contribution in [3.63, 3.8) is 0 Å². The van der Waals surface area contributed by atoms with Gasteiger partial charge >= 0.3 is 18.2 Å². The van der Waals surface area contributed by atoms with Gasteiger partial charge in [-0.05, 0) is 83.5 Å². The molecule has 2 aromatic rings. The molecule has 188 valence electrons. The minimum Gasteiger partial charge on any atom is -0.444 e. The fraction of sp³-hybridized carbons (Fsp3) is 0.360. The summed E-state index contributed by atoms with van der Waals surface area (Å²) in [6.45, 7) is 9.98. The molecule has 0 bridgehead atoms. The minimum absolute atomic E-state index is 0.170. The molecule has 10 heteroatoms. The van der Waals surface area contributed by atoms with E-state index in [1.54, 1.807) is 77.9 Å². The zero-order valence-electron chi connectivity index (χ0n) is 20.7. The third-order valence-corrected chi connectivity index (χ3v) is 3.89. The Morgan fingerprint density at radius 3 is 2.11 bits per heavy atom. The lowest BCUT2D eigenvalue weighted by atomic mass is 10.2. The second-order valence-electron chi connectivity index (χ2n) is 9.47. The summed E-state index contributed by atoms with van der Waals surface area (Å²) in [6.07, 6.45) is -1.74. The predicted molar refractivity (Wildman–Crippen MR) is 130 cm³/mol. The van der Waals surface area contributed by atoms with Crippen LogP contribution in [0.1, 0.15) is 57.5 Å². The van der Waals surface area contributed by atoms with E-state index in [0.29, 0.717) is 17.0 Å². The smallest absolute Gasteiger partial charge is 0.437 e. The summed E-state index contributed by atoms with van der Waals surface area (Å²) in [4.78, 5) is 40.6. The lowest BCUT2D eigenvalue weighted by molar-refractivity contribution is 0.0561. The van der Waals surface area contributed by atoms with Crippen LogP contribution in [-0.2, 0) is 16.1 Å². The molecule has 0 aliphatic rings. The third kappa shape index (κ3) is 10.3. The van der Waals surface area contributed by atoms with E-state index in [4.69, 9.17) is 14.2 Å². The molecule has 0 unspecified atom stereocenters. The number of nitrogens with one attached hydrogen (secondary N) is 2. The number of guanidine groups is 1. The number of ether oxygens (including phenoxy) is 3. The molecule has 2 aromatic carbocycles. The van der Waals surface area contributed by atoms with Crippen LogP contribution in [-0.4, -0.2) is 40.4 Å². The van der Waals surface area contributed by atoms with Crippen molar-refractivity contribution >= 4 is 29.8 Å². The van der Waals surface area contributed by atoms with E-state index in [1.165, 1.54) is 12.1 Å². The van der Waals surface area contributed by atoms with Crippen molar-refractivity contribution in [3.8, 4) is 5.75 Å². The SMILES string of the molecule is CC(C)(C)OC(=O)/N=C(/NC(=O)OC(C)(C)C)Nc1ccc(C(=O)Oc2cccc(CO)c2)cc1. The fourth-order valence-electron chi connectivity index (χ4n) is 2.56. The molecule has 10 nitrogen and oxygen atoms in total. The van der Waals surface area contributed by atoms with E-state index in [0.717, 1.165) is 0 Å². The molecule has 35 heavy (non-hydrogen) atoms. The van der Waals surface area contributed by atoms with Crippen molar-refractivity contribution in [2.24, 2.45) is 4.99 Å². The van der Waals surface area contributed by atoms with Crippen LogP contribution in [0.2, 0.25) is 0 Å². The largest absolute Gasteiger partial charge is 0.444 e. The van der Waals surface area contributed by atoms with E-state index in [1.807, 2.05) is 0 Å². The Morgan fingerprint density at radius 2 is 1.54 bits per heavy atom. The average molecular weight is 486 g/mol. The quantitative estimate of drug-likeness (QED) is 0.247. The molecule has 0 aromatic heterocycles. The Bertz CT molecular complexity index is 1080. The number of anilines is 1. The first-order chi connectivity index (χ1) is 16.2. The normalized spacial score (nSPS) is 11.9. The van der Waals surface area contributed by atoms with Crippen molar-refractivity contribution < 1.29 is 33.7 Å². The fourth-order valence-corrected chi connectivity index (χ4v) is 2.56. The highest BCUT2D eigenvalue weighted by molar-refractivity contribution is 6.06. The molecule has 0 aliphatic heterocycles. The Hall–Kier alpha value is -3.92. The number of amides is 2. The van der Waals surface area contributed by atoms with E-state index >= 15 is 0 Å². The zero-order valence-corrected chi connectivity index (χ0v) is 20.7. The monoisotopic (exact) mass is 485 g/mol. The number of hydrogen-bond donors (Lipinski definition) is 3. The van der Waals surface area contributed by atoms with Gasteiger partial charge in [0.1, 0.15) is 17.0 Å². The highest BCUT2D eigenvalue weighted by Gasteiger charge is 2.20. The number of aliphatic hydroxyl groups is 1. The Morgan fingerprint density at radius 1 is 0.914 bits per heavy atom. The van der Waals surface area contributed by atoms with Gasteiger partial charge in [0, 0.05) is 5.69 Å². The molecule has 0 saturated heterocycles. The number of alkyl carbamates (subject to hydrolysis) is 1. The molecular formula is C25H31N3O7. The van der Waals surface area contributed by atoms with Crippen molar-refractivity contribution in [2.45, 2.75) is 59.4 Å². The lowest BCUT2D eigenvalue weighted by Gasteiger charge is -2.21. The van der Waals surface area contributed by atoms with Crippen LogP contribution in [0.15, 0.2) is 53.5 Å². The van der Waals surface area contributed by atoms with Crippen LogP contribution in [0.25, 0.3) is 0 Å². The van der Waals surface area contributed by atoms with Gasteiger partial charge in [0.05, 0.1) is 12.2 Å². The molecular weight excluding hydrogens is 454 g/mol. The van der Waals surface area contributed by atoms with E-state index < -0.39 is 29.4 Å². The lowest BCUT2D eigenvalue weighted by Crippen LogP contribution is -2.40. The first kappa shape index (κ1) is 27.3. The molecule has 0 radical (unpaired) electrons. The minimum atomic E-state index is -0.915. The summed E-state index contributed by atoms with van der Waals surface area (Å²) in [5.41, 5.74) is -0.252. The van der Waals surface area contributed by atoms with Crippen LogP contribution in [0, 0.1) is 0 Å². The highest BCUT2D eigenvalue weighted by atomic mass is 16.6. The number of aliphatic imine (C=N–C) groups is 1. The Kier molecular flexibility index (Phi) is 8.96. The molecule has 0 spiro atoms. The molecule has 2 rings (SSSR count). The molecule has 0 atom stereocenters. The summed E-state index contributed by atoms with van der Waals surface area (Å²) in [7, 11) is 0. The second-order valence-corrected chi connectivity index (χ2v) is 9.47. The molecule has 0 fully saturated rings. The molecule has 0 saturated carbocycles. The number of esters is 1. The van der Waals surface area contributed by atoms with E-state index in [2.05, 4.69) is 15.6 Å². The van der Waals surface area contributed by atoms with E-state index in [9.17, 15) is 19.5 Å². The van der Waals surface area contributed by atoms with Crippen molar-refractivity contribution in [2.75, 3.05) is 5.32 Å². The van der Waals surface area contributed by atoms with Crippen LogP contribution in [0.3, 0.4) is 0 Å². The number of nitrogens with zero attached hydrogens (tertiary/aromatic N) is 1. The summed E-state index contributed by atoms with van der Waals surface area (Å²) >= 11 is 0. The van der Waals surface area contributed by atoms with Crippen molar-refractivity contribution in [3.05, 3.63) is 59.7 Å². The maximum absolute atomic E-state index is 12.4. The van der Waals surface area contributed by atoms with E-state index in [-0.39, 0.29) is 18.1 Å². The van der Waals surface area contributed by atoms with Gasteiger partial charge in [0.15, 0.2) is 0 Å². The first-order valence-electron chi connectivity index (χ1n) is 10.8. The number of benzene rings is 2. The van der Waals surface area contributed by atoms with Crippen molar-refractivity contribution in [1.29, 1.82) is 0 Å². The van der Waals surface area contributed by atoms with Gasteiger partial charge in [0.25, 0.3) is 0 Å². The number of carbonyl (C=O) groups is 3. The van der Waals surface area contributed by atoms with Gasteiger partial charge < -0.3 is 24.6 Å². The summed E-state index contributed by atoms with van der Waals surface area (Å²) in [6, 6.07) is 12.6. The number of rotatable bonds is 4. The van der Waals surface area contributed by atoms with Gasteiger partial charge in [-0.3, -0.25) is 5.32 Å². The number of carbonyl (C=O) groups excluding carboxylic acids is 3. The standard InChI is InChI=1S/C25H31N3O7/c1-24(2,3)34-22(31)27-21(28-23(32)35-25(4,5)6)26-18-12-10-17(11-13-18)20(30)33-19-9-7-8-16(14-19)15-29/h7-14,29H,15H2,1-6H3,(H2,26,27,28,31,32). The van der Waals surface area contributed by atoms with Gasteiger partial charge in [-0.25, -0.2) is 14.4 Å². The van der Waals surface area contributed by atoms with Crippen LogP contribution in [0.4, 0.5) is 15.3 Å². The van der Waals surface area contributed by atoms with Gasteiger partial charge in [0.2, 0.25) is 5.96 Å². The third-order valence-electron chi connectivity index (χ3n) is 3.89. The number of hydrogen-bond acceptors (Lipinski definition) is 7. The van der Waals surface area contributed by atoms with Crippen LogP contribution >= 0.6 is 0 Å².